The second-order valence-electron chi connectivity index (χ2n) is 5.36. The van der Waals surface area contributed by atoms with E-state index < -0.39 is 14.9 Å². The van der Waals surface area contributed by atoms with Crippen LogP contribution in [0.2, 0.25) is 0 Å². The van der Waals surface area contributed by atoms with Crippen LogP contribution in [-0.2, 0) is 10.0 Å². The van der Waals surface area contributed by atoms with E-state index in [9.17, 15) is 18.5 Å². The first kappa shape index (κ1) is 17.7. The molecule has 3 aromatic rings. The number of nitrogens with zero attached hydrogens (tertiary/aromatic N) is 2. The molecule has 3 N–H and O–H groups in total. The van der Waals surface area contributed by atoms with Crippen LogP contribution in [0.4, 0.5) is 5.69 Å². The summed E-state index contributed by atoms with van der Waals surface area (Å²) in [4.78, 5) is 16.4. The molecule has 1 heterocycles. The number of sulfonamides is 1. The first-order valence-electron chi connectivity index (χ1n) is 7.37. The van der Waals surface area contributed by atoms with Gasteiger partial charge in [0.05, 0.1) is 9.82 Å². The second kappa shape index (κ2) is 6.67. The van der Waals surface area contributed by atoms with Gasteiger partial charge in [-0.25, -0.2) is 13.4 Å². The smallest absolute Gasteiger partial charge is 0.269 e. The number of benzene rings is 2. The Morgan fingerprint density at radius 3 is 2.19 bits per heavy atom. The van der Waals surface area contributed by atoms with Crippen LogP contribution in [0.15, 0.2) is 57.8 Å². The zero-order valence-corrected chi connectivity index (χ0v) is 14.4. The van der Waals surface area contributed by atoms with Crippen molar-refractivity contribution < 1.29 is 17.8 Å². The number of nitrogens with two attached hydrogens (primary N) is 1. The zero-order chi connectivity index (χ0) is 18.9. The Hall–Kier alpha value is -3.08. The van der Waals surface area contributed by atoms with Gasteiger partial charge in [-0.15, -0.1) is 0 Å². The molecule has 0 fully saturated rings. The van der Waals surface area contributed by atoms with E-state index in [1.807, 2.05) is 0 Å². The highest BCUT2D eigenvalue weighted by Crippen LogP contribution is 2.33. The molecule has 0 saturated carbocycles. The van der Waals surface area contributed by atoms with E-state index in [0.29, 0.717) is 28.5 Å². The Morgan fingerprint density at radius 2 is 1.65 bits per heavy atom. The molecule has 0 amide bonds. The van der Waals surface area contributed by atoms with Crippen molar-refractivity contribution in [1.29, 1.82) is 0 Å². The third-order valence-corrected chi connectivity index (χ3v) is 4.87. The molecular weight excluding hydrogens is 360 g/mol. The van der Waals surface area contributed by atoms with Crippen LogP contribution < -0.4 is 10.7 Å². The molecule has 10 heteroatoms. The first-order valence-corrected chi connectivity index (χ1v) is 8.85. The Morgan fingerprint density at radius 1 is 1.08 bits per heavy atom. The van der Waals surface area contributed by atoms with Crippen molar-refractivity contribution in [1.82, 2.24) is 9.82 Å². The molecule has 1 aromatic heterocycles. The van der Waals surface area contributed by atoms with E-state index in [1.165, 1.54) is 24.3 Å². The van der Waals surface area contributed by atoms with E-state index in [2.05, 4.69) is 4.98 Å². The van der Waals surface area contributed by atoms with Crippen molar-refractivity contribution in [2.45, 2.75) is 11.8 Å². The van der Waals surface area contributed by atoms with Gasteiger partial charge in [-0.2, -0.15) is 4.83 Å². The Balaban J connectivity index is 2.03. The fraction of sp³-hybridized carbons (Fsp3) is 0.0625. The highest BCUT2D eigenvalue weighted by Gasteiger charge is 2.18. The number of hydrogen-bond donors (Lipinski definition) is 2. The van der Waals surface area contributed by atoms with E-state index in [4.69, 9.17) is 10.3 Å². The third kappa shape index (κ3) is 3.33. The molecule has 3 rings (SSSR count). The quantitative estimate of drug-likeness (QED) is 0.396. The summed E-state index contributed by atoms with van der Waals surface area (Å²) in [5.74, 6) is 5.86. The maximum atomic E-state index is 11.7. The molecule has 0 spiro atoms. The normalized spacial score (nSPS) is 11.5. The monoisotopic (exact) mass is 374 g/mol. The van der Waals surface area contributed by atoms with Crippen molar-refractivity contribution in [2.24, 2.45) is 5.84 Å². The van der Waals surface area contributed by atoms with E-state index >= 15 is 0 Å². The van der Waals surface area contributed by atoms with Crippen LogP contribution in [-0.4, -0.2) is 18.3 Å². The Kier molecular flexibility index (Phi) is 4.55. The van der Waals surface area contributed by atoms with Gasteiger partial charge in [0.1, 0.15) is 5.69 Å². The molecule has 0 unspecified atom stereocenters. The minimum Gasteiger partial charge on any atom is -0.440 e. The molecular formula is C16H14N4O5S. The maximum Gasteiger partial charge on any atom is 0.269 e. The SMILES string of the molecule is Cc1nc(-c2ccc(S(=O)(=O)NN)cc2)c(-c2ccc([N+](=O)[O-])cc2)o1. The van der Waals surface area contributed by atoms with Gasteiger partial charge in [-0.1, -0.05) is 12.1 Å². The number of hydrogen-bond acceptors (Lipinski definition) is 7. The van der Waals surface area contributed by atoms with Crippen LogP contribution in [0.5, 0.6) is 0 Å². The maximum absolute atomic E-state index is 11.7. The number of aryl methyl sites for hydroxylation is 1. The lowest BCUT2D eigenvalue weighted by atomic mass is 10.1. The fourth-order valence-electron chi connectivity index (χ4n) is 2.41. The summed E-state index contributed by atoms with van der Waals surface area (Å²) >= 11 is 0. The Bertz CT molecular complexity index is 1060. The molecule has 0 bridgehead atoms. The van der Waals surface area contributed by atoms with Crippen LogP contribution in [0.1, 0.15) is 5.89 Å². The summed E-state index contributed by atoms with van der Waals surface area (Å²) in [6, 6.07) is 11.8. The van der Waals surface area contributed by atoms with Crippen LogP contribution in [0.3, 0.4) is 0 Å². The number of nitrogens with one attached hydrogen (secondary N) is 1. The number of oxazole rings is 1. The van der Waals surface area contributed by atoms with Gasteiger partial charge < -0.3 is 4.42 Å². The molecule has 0 radical (unpaired) electrons. The minimum absolute atomic E-state index is 0.0147. The number of nitro benzene ring substituents is 1. The standard InChI is InChI=1S/C16H14N4O5S/c1-10-18-15(11-4-8-14(9-5-11)26(23,24)19-17)16(25-10)12-2-6-13(7-3-12)20(21)22/h2-9,19H,17H2,1H3. The van der Waals surface area contributed by atoms with E-state index in [0.717, 1.165) is 0 Å². The summed E-state index contributed by atoms with van der Waals surface area (Å²) in [6.45, 7) is 1.68. The van der Waals surface area contributed by atoms with Gasteiger partial charge in [-0.3, -0.25) is 16.0 Å². The minimum atomic E-state index is -3.75. The van der Waals surface area contributed by atoms with E-state index in [1.54, 1.807) is 36.0 Å². The van der Waals surface area contributed by atoms with E-state index in [-0.39, 0.29) is 10.6 Å². The van der Waals surface area contributed by atoms with Gasteiger partial charge >= 0.3 is 0 Å². The largest absolute Gasteiger partial charge is 0.440 e. The molecule has 0 aliphatic heterocycles. The average Bonchev–Trinajstić information content (AvgIpc) is 3.03. The van der Waals surface area contributed by atoms with Crippen LogP contribution in [0.25, 0.3) is 22.6 Å². The highest BCUT2D eigenvalue weighted by atomic mass is 32.2. The summed E-state index contributed by atoms with van der Waals surface area (Å²) < 4.78 is 29.0. The van der Waals surface area contributed by atoms with Crippen molar-refractivity contribution in [3.63, 3.8) is 0 Å². The predicted molar refractivity (Wildman–Crippen MR) is 93.3 cm³/mol. The third-order valence-electron chi connectivity index (χ3n) is 3.67. The van der Waals surface area contributed by atoms with Gasteiger partial charge in [-0.05, 0) is 24.3 Å². The first-order chi connectivity index (χ1) is 12.3. The lowest BCUT2D eigenvalue weighted by molar-refractivity contribution is -0.384. The average molecular weight is 374 g/mol. The number of nitro groups is 1. The van der Waals surface area contributed by atoms with Crippen LogP contribution >= 0.6 is 0 Å². The number of aromatic nitrogens is 1. The van der Waals surface area contributed by atoms with Crippen LogP contribution in [0, 0.1) is 17.0 Å². The van der Waals surface area contributed by atoms with Crippen molar-refractivity contribution in [3.8, 4) is 22.6 Å². The van der Waals surface area contributed by atoms with Crippen molar-refractivity contribution in [3.05, 3.63) is 64.5 Å². The zero-order valence-electron chi connectivity index (χ0n) is 13.5. The molecule has 9 nitrogen and oxygen atoms in total. The predicted octanol–water partition coefficient (Wildman–Crippen LogP) is 2.38. The molecule has 0 aliphatic rings. The molecule has 0 aliphatic carbocycles. The topological polar surface area (TPSA) is 141 Å². The lowest BCUT2D eigenvalue weighted by Gasteiger charge is -2.04. The number of non-ortho nitro benzene ring substituents is 1. The van der Waals surface area contributed by atoms with Gasteiger partial charge in [0.15, 0.2) is 11.7 Å². The van der Waals surface area contributed by atoms with Gasteiger partial charge in [0.2, 0.25) is 0 Å². The van der Waals surface area contributed by atoms with Crippen molar-refractivity contribution in [2.75, 3.05) is 0 Å². The molecule has 134 valence electrons. The second-order valence-corrected chi connectivity index (χ2v) is 7.07. The molecule has 0 saturated heterocycles. The highest BCUT2D eigenvalue weighted by molar-refractivity contribution is 7.89. The Labute approximate surface area is 148 Å². The summed E-state index contributed by atoms with van der Waals surface area (Å²) in [5.41, 5.74) is 1.72. The van der Waals surface area contributed by atoms with Gasteiger partial charge in [0, 0.05) is 30.2 Å². The summed E-state index contributed by atoms with van der Waals surface area (Å²) in [7, 11) is -3.75. The van der Waals surface area contributed by atoms with Gasteiger partial charge in [0.25, 0.3) is 15.7 Å². The summed E-state index contributed by atoms with van der Waals surface area (Å²) in [5, 5.41) is 10.8. The lowest BCUT2D eigenvalue weighted by Crippen LogP contribution is -2.30. The number of hydrazine groups is 1. The molecule has 0 atom stereocenters. The number of rotatable bonds is 5. The molecule has 26 heavy (non-hydrogen) atoms. The summed E-state index contributed by atoms with van der Waals surface area (Å²) in [6.07, 6.45) is 0. The van der Waals surface area contributed by atoms with Crippen molar-refractivity contribution >= 4 is 15.7 Å². The molecule has 2 aromatic carbocycles. The fourth-order valence-corrected chi connectivity index (χ4v) is 3.04.